The number of carbonyl (C=O) groups excluding carboxylic acids is 2. The van der Waals surface area contributed by atoms with E-state index in [1.54, 1.807) is 11.3 Å². The summed E-state index contributed by atoms with van der Waals surface area (Å²) in [5.74, 6) is -0.521. The van der Waals surface area contributed by atoms with Crippen molar-refractivity contribution in [3.05, 3.63) is 39.1 Å². The second-order valence-corrected chi connectivity index (χ2v) is 8.11. The van der Waals surface area contributed by atoms with Crippen LogP contribution in [0, 0.1) is 6.92 Å². The number of thiophene rings is 2. The Balaban J connectivity index is 1.73. The predicted molar refractivity (Wildman–Crippen MR) is 97.9 cm³/mol. The van der Waals surface area contributed by atoms with Crippen LogP contribution in [0.2, 0.25) is 0 Å². The van der Waals surface area contributed by atoms with Gasteiger partial charge in [0.25, 0.3) is 5.56 Å². The van der Waals surface area contributed by atoms with Crippen LogP contribution >= 0.6 is 22.7 Å². The zero-order chi connectivity index (χ0) is 17.6. The fraction of sp³-hybridized carbons (Fsp3) is 0.294. The van der Waals surface area contributed by atoms with E-state index < -0.39 is 0 Å². The molecule has 1 aliphatic heterocycles. The van der Waals surface area contributed by atoms with Crippen molar-refractivity contribution in [1.82, 2.24) is 14.5 Å². The minimum Gasteiger partial charge on any atom is -0.289 e. The zero-order valence-electron chi connectivity index (χ0n) is 13.5. The Bertz CT molecular complexity index is 1050. The van der Waals surface area contributed by atoms with E-state index in [0.29, 0.717) is 29.6 Å². The molecule has 4 heterocycles. The average Bonchev–Trinajstić information content (AvgIpc) is 3.29. The molecule has 0 aliphatic carbocycles. The van der Waals surface area contributed by atoms with Crippen LogP contribution in [0.3, 0.4) is 0 Å². The van der Waals surface area contributed by atoms with Crippen LogP contribution in [0.15, 0.2) is 28.6 Å². The van der Waals surface area contributed by atoms with Crippen molar-refractivity contribution in [3.8, 4) is 10.4 Å². The van der Waals surface area contributed by atoms with E-state index >= 15 is 0 Å². The van der Waals surface area contributed by atoms with E-state index in [4.69, 9.17) is 0 Å². The number of carbonyl (C=O) groups is 2. The van der Waals surface area contributed by atoms with Crippen molar-refractivity contribution < 1.29 is 9.59 Å². The molecule has 6 nitrogen and oxygen atoms in total. The van der Waals surface area contributed by atoms with Gasteiger partial charge in [0.05, 0.1) is 11.7 Å². The van der Waals surface area contributed by atoms with Crippen LogP contribution in [0.4, 0.5) is 0 Å². The van der Waals surface area contributed by atoms with Gasteiger partial charge in [-0.1, -0.05) is 0 Å². The summed E-state index contributed by atoms with van der Waals surface area (Å²) >= 11 is 3.04. The lowest BCUT2D eigenvalue weighted by molar-refractivity contribution is -0.142. The Morgan fingerprint density at radius 2 is 2.16 bits per heavy atom. The lowest BCUT2D eigenvalue weighted by Crippen LogP contribution is -2.37. The molecule has 3 aromatic heterocycles. The number of imide groups is 1. The van der Waals surface area contributed by atoms with E-state index in [1.165, 1.54) is 32.0 Å². The van der Waals surface area contributed by atoms with E-state index in [9.17, 15) is 14.4 Å². The van der Waals surface area contributed by atoms with Crippen molar-refractivity contribution in [2.24, 2.45) is 0 Å². The third-order valence-corrected chi connectivity index (χ3v) is 6.17. The molecule has 0 saturated carbocycles. The first-order valence-electron chi connectivity index (χ1n) is 7.91. The maximum atomic E-state index is 12.9. The molecule has 1 saturated heterocycles. The highest BCUT2D eigenvalue weighted by Gasteiger charge is 2.27. The standard InChI is InChI=1S/C17H15N3O3S2/c1-10-4-5-12(25-10)11-8-24-16-15(11)17(23)19(9-18-16)7-14(22)20-6-2-3-13(20)21/h4-5,8-9H,2-3,6-7H2,1H3. The summed E-state index contributed by atoms with van der Waals surface area (Å²) < 4.78 is 1.30. The SMILES string of the molecule is Cc1ccc(-c2csc3ncn(CC(=O)N4CCCC4=O)c(=O)c23)s1. The Morgan fingerprint density at radius 1 is 1.32 bits per heavy atom. The van der Waals surface area contributed by atoms with Gasteiger partial charge in [-0.3, -0.25) is 23.9 Å². The molecule has 0 spiro atoms. The van der Waals surface area contributed by atoms with E-state index in [1.807, 2.05) is 24.4 Å². The topological polar surface area (TPSA) is 72.3 Å². The number of fused-ring (bicyclic) bond motifs is 1. The number of nitrogens with zero attached hydrogens (tertiary/aromatic N) is 3. The van der Waals surface area contributed by atoms with Gasteiger partial charge >= 0.3 is 0 Å². The highest BCUT2D eigenvalue weighted by molar-refractivity contribution is 7.19. The summed E-state index contributed by atoms with van der Waals surface area (Å²) in [6.07, 6.45) is 2.47. The molecule has 25 heavy (non-hydrogen) atoms. The van der Waals surface area contributed by atoms with Crippen LogP contribution in [-0.4, -0.2) is 32.8 Å². The van der Waals surface area contributed by atoms with Gasteiger partial charge in [-0.25, -0.2) is 4.98 Å². The second kappa shape index (κ2) is 6.20. The van der Waals surface area contributed by atoms with Gasteiger partial charge in [0, 0.05) is 33.7 Å². The third-order valence-electron chi connectivity index (χ3n) is 4.25. The molecule has 3 aromatic rings. The molecule has 0 unspecified atom stereocenters. The number of aromatic nitrogens is 2. The summed E-state index contributed by atoms with van der Waals surface area (Å²) in [7, 11) is 0. The number of rotatable bonds is 3. The monoisotopic (exact) mass is 373 g/mol. The van der Waals surface area contributed by atoms with E-state index in [0.717, 1.165) is 10.4 Å². The maximum absolute atomic E-state index is 12.9. The van der Waals surface area contributed by atoms with Gasteiger partial charge < -0.3 is 0 Å². The van der Waals surface area contributed by atoms with Gasteiger partial charge in [-0.05, 0) is 25.5 Å². The molecule has 0 N–H and O–H groups in total. The fourth-order valence-corrected chi connectivity index (χ4v) is 4.85. The largest absolute Gasteiger partial charge is 0.289 e. The molecule has 0 radical (unpaired) electrons. The van der Waals surface area contributed by atoms with Crippen molar-refractivity contribution in [3.63, 3.8) is 0 Å². The van der Waals surface area contributed by atoms with Gasteiger partial charge in [0.1, 0.15) is 11.4 Å². The fourth-order valence-electron chi connectivity index (χ4n) is 2.98. The summed E-state index contributed by atoms with van der Waals surface area (Å²) in [5.41, 5.74) is 0.613. The summed E-state index contributed by atoms with van der Waals surface area (Å²) in [4.78, 5) is 45.3. The Labute approximate surface area is 151 Å². The first kappa shape index (κ1) is 16.2. The van der Waals surface area contributed by atoms with Gasteiger partial charge in [-0.2, -0.15) is 0 Å². The Hall–Kier alpha value is -2.32. The maximum Gasteiger partial charge on any atom is 0.263 e. The molecule has 1 aliphatic rings. The first-order chi connectivity index (χ1) is 12.0. The van der Waals surface area contributed by atoms with Crippen LogP contribution in [0.1, 0.15) is 17.7 Å². The second-order valence-electron chi connectivity index (χ2n) is 5.96. The lowest BCUT2D eigenvalue weighted by Gasteiger charge is -2.14. The molecule has 0 bridgehead atoms. The normalized spacial score (nSPS) is 14.6. The lowest BCUT2D eigenvalue weighted by atomic mass is 10.2. The van der Waals surface area contributed by atoms with Crippen LogP contribution < -0.4 is 5.56 Å². The average molecular weight is 373 g/mol. The van der Waals surface area contributed by atoms with Crippen molar-refractivity contribution in [1.29, 1.82) is 0 Å². The highest BCUT2D eigenvalue weighted by atomic mass is 32.1. The number of amides is 2. The van der Waals surface area contributed by atoms with Crippen molar-refractivity contribution in [2.75, 3.05) is 6.54 Å². The number of hydrogen-bond donors (Lipinski definition) is 0. The van der Waals surface area contributed by atoms with Crippen LogP contribution in [0.5, 0.6) is 0 Å². The summed E-state index contributed by atoms with van der Waals surface area (Å²) in [5, 5.41) is 2.47. The smallest absolute Gasteiger partial charge is 0.263 e. The number of aryl methyl sites for hydroxylation is 1. The molecule has 2 amide bonds. The van der Waals surface area contributed by atoms with Gasteiger partial charge in [0.15, 0.2) is 0 Å². The number of likely N-dealkylation sites (tertiary alicyclic amines) is 1. The quantitative estimate of drug-likeness (QED) is 0.708. The van der Waals surface area contributed by atoms with Crippen LogP contribution in [0.25, 0.3) is 20.7 Å². The minimum absolute atomic E-state index is 0.160. The van der Waals surface area contributed by atoms with Crippen molar-refractivity contribution >= 4 is 44.7 Å². The van der Waals surface area contributed by atoms with Gasteiger partial charge in [-0.15, -0.1) is 22.7 Å². The number of hydrogen-bond acceptors (Lipinski definition) is 6. The third kappa shape index (κ3) is 2.81. The van der Waals surface area contributed by atoms with Gasteiger partial charge in [0.2, 0.25) is 11.8 Å². The van der Waals surface area contributed by atoms with E-state index in [-0.39, 0.29) is 23.9 Å². The molecule has 1 fully saturated rings. The molecule has 8 heteroatoms. The first-order valence-corrected chi connectivity index (χ1v) is 9.61. The van der Waals surface area contributed by atoms with Crippen molar-refractivity contribution in [2.45, 2.75) is 26.3 Å². The summed E-state index contributed by atoms with van der Waals surface area (Å²) in [6, 6.07) is 4.01. The molecule has 0 aromatic carbocycles. The molecule has 128 valence electrons. The van der Waals surface area contributed by atoms with E-state index in [2.05, 4.69) is 4.98 Å². The molecular formula is C17H15N3O3S2. The zero-order valence-corrected chi connectivity index (χ0v) is 15.2. The molecule has 0 atom stereocenters. The Kier molecular flexibility index (Phi) is 4.01. The minimum atomic E-state index is -0.352. The predicted octanol–water partition coefficient (Wildman–Crippen LogP) is 2.64. The molecule has 4 rings (SSSR count). The van der Waals surface area contributed by atoms with Crippen LogP contribution in [-0.2, 0) is 16.1 Å². The highest BCUT2D eigenvalue weighted by Crippen LogP contribution is 2.34. The summed E-state index contributed by atoms with van der Waals surface area (Å²) in [6.45, 7) is 2.29. The Morgan fingerprint density at radius 3 is 2.84 bits per heavy atom. The molecular weight excluding hydrogens is 358 g/mol.